The molecule has 0 fully saturated rings. The van der Waals surface area contributed by atoms with Gasteiger partial charge in [0.2, 0.25) is 0 Å². The summed E-state index contributed by atoms with van der Waals surface area (Å²) < 4.78 is 0. The van der Waals surface area contributed by atoms with Gasteiger partial charge in [0.25, 0.3) is 0 Å². The maximum Gasteiger partial charge on any atom is 0.315 e. The Kier molecular flexibility index (Phi) is 5.85. The van der Waals surface area contributed by atoms with Crippen molar-refractivity contribution in [3.8, 4) is 0 Å². The molecule has 0 saturated carbocycles. The Bertz CT molecular complexity index is 429. The Morgan fingerprint density at radius 1 is 1.26 bits per heavy atom. The van der Waals surface area contributed by atoms with Gasteiger partial charge in [-0.3, -0.25) is 4.79 Å². The summed E-state index contributed by atoms with van der Waals surface area (Å²) >= 11 is 0. The molecule has 1 atom stereocenters. The molecule has 1 aromatic carbocycles. The van der Waals surface area contributed by atoms with Gasteiger partial charge in [0.1, 0.15) is 0 Å². The highest BCUT2D eigenvalue weighted by molar-refractivity contribution is 5.75. The van der Waals surface area contributed by atoms with Crippen LogP contribution in [-0.2, 0) is 11.3 Å². The lowest BCUT2D eigenvalue weighted by Crippen LogP contribution is -2.42. The second-order valence-electron chi connectivity index (χ2n) is 4.52. The number of aliphatic carboxylic acids is 1. The lowest BCUT2D eigenvalue weighted by Gasteiger charge is -2.15. The van der Waals surface area contributed by atoms with E-state index in [1.54, 1.807) is 0 Å². The first-order chi connectivity index (χ1) is 9.01. The monoisotopic (exact) mass is 264 g/mol. The third-order valence-electron chi connectivity index (χ3n) is 2.82. The number of nitrogens with one attached hydrogen (secondary N) is 2. The molecule has 0 spiro atoms. The van der Waals surface area contributed by atoms with E-state index < -0.39 is 5.97 Å². The quantitative estimate of drug-likeness (QED) is 0.735. The van der Waals surface area contributed by atoms with E-state index in [1.165, 1.54) is 5.56 Å². The highest BCUT2D eigenvalue weighted by atomic mass is 16.4. The molecule has 19 heavy (non-hydrogen) atoms. The predicted octanol–water partition coefficient (Wildman–Crippen LogP) is 2.05. The zero-order valence-electron chi connectivity index (χ0n) is 11.3. The van der Waals surface area contributed by atoms with Crippen molar-refractivity contribution in [1.82, 2.24) is 10.6 Å². The summed E-state index contributed by atoms with van der Waals surface area (Å²) in [6.07, 6.45) is 0.526. The third kappa shape index (κ3) is 5.90. The van der Waals surface area contributed by atoms with Crippen molar-refractivity contribution >= 4 is 12.0 Å². The van der Waals surface area contributed by atoms with Crippen LogP contribution in [0.4, 0.5) is 4.79 Å². The first-order valence-corrected chi connectivity index (χ1v) is 6.33. The summed E-state index contributed by atoms with van der Waals surface area (Å²) in [5, 5.41) is 14.1. The molecule has 5 nitrogen and oxygen atoms in total. The minimum Gasteiger partial charge on any atom is -0.481 e. The number of amides is 2. The molecule has 1 aromatic rings. The molecule has 1 rings (SSSR count). The van der Waals surface area contributed by atoms with E-state index in [1.807, 2.05) is 38.1 Å². The van der Waals surface area contributed by atoms with Crippen molar-refractivity contribution in [2.24, 2.45) is 0 Å². The van der Waals surface area contributed by atoms with Gasteiger partial charge in [0.15, 0.2) is 0 Å². The Hall–Kier alpha value is -2.04. The van der Waals surface area contributed by atoms with Crippen LogP contribution >= 0.6 is 0 Å². The van der Waals surface area contributed by atoms with Gasteiger partial charge in [-0.05, 0) is 18.9 Å². The van der Waals surface area contributed by atoms with Gasteiger partial charge in [-0.1, -0.05) is 36.8 Å². The van der Waals surface area contributed by atoms with Crippen LogP contribution in [0.3, 0.4) is 0 Å². The maximum atomic E-state index is 11.6. The van der Waals surface area contributed by atoms with Crippen molar-refractivity contribution < 1.29 is 14.7 Å². The summed E-state index contributed by atoms with van der Waals surface area (Å²) in [7, 11) is 0. The lowest BCUT2D eigenvalue weighted by molar-refractivity contribution is -0.137. The topological polar surface area (TPSA) is 78.4 Å². The number of hydrogen-bond donors (Lipinski definition) is 3. The Morgan fingerprint density at radius 2 is 1.89 bits per heavy atom. The Balaban J connectivity index is 2.38. The molecule has 104 valence electrons. The molecule has 3 N–H and O–H groups in total. The van der Waals surface area contributed by atoms with Crippen molar-refractivity contribution in [3.63, 3.8) is 0 Å². The number of urea groups is 1. The lowest BCUT2D eigenvalue weighted by atomic mass is 10.1. The molecule has 1 unspecified atom stereocenters. The zero-order valence-corrected chi connectivity index (χ0v) is 11.3. The number of benzene rings is 1. The van der Waals surface area contributed by atoms with Crippen molar-refractivity contribution in [3.05, 3.63) is 35.4 Å². The number of hydrogen-bond acceptors (Lipinski definition) is 2. The molecular formula is C14H20N2O3. The van der Waals surface area contributed by atoms with Crippen LogP contribution in [-0.4, -0.2) is 23.1 Å². The van der Waals surface area contributed by atoms with Gasteiger partial charge in [0, 0.05) is 12.6 Å². The molecule has 0 aliphatic rings. The van der Waals surface area contributed by atoms with Crippen molar-refractivity contribution in [2.75, 3.05) is 0 Å². The first kappa shape index (κ1) is 15.0. The molecular weight excluding hydrogens is 244 g/mol. The molecule has 5 heteroatoms. The molecule has 0 saturated heterocycles. The largest absolute Gasteiger partial charge is 0.481 e. The minimum atomic E-state index is -0.911. The average molecular weight is 264 g/mol. The number of carbonyl (C=O) groups excluding carboxylic acids is 1. The summed E-state index contributed by atoms with van der Waals surface area (Å²) in [4.78, 5) is 22.2. The Labute approximate surface area is 113 Å². The van der Waals surface area contributed by atoms with Gasteiger partial charge in [-0.25, -0.2) is 4.79 Å². The fraction of sp³-hybridized carbons (Fsp3) is 0.429. The smallest absolute Gasteiger partial charge is 0.315 e. The average Bonchev–Trinajstić information content (AvgIpc) is 2.36. The van der Waals surface area contributed by atoms with Crippen LogP contribution in [0.25, 0.3) is 0 Å². The first-order valence-electron chi connectivity index (χ1n) is 6.33. The highest BCUT2D eigenvalue weighted by Gasteiger charge is 2.13. The van der Waals surface area contributed by atoms with Crippen LogP contribution in [0.15, 0.2) is 24.3 Å². The fourth-order valence-electron chi connectivity index (χ4n) is 1.63. The summed E-state index contributed by atoms with van der Waals surface area (Å²) in [5.41, 5.74) is 2.17. The van der Waals surface area contributed by atoms with E-state index in [0.29, 0.717) is 13.0 Å². The molecule has 0 aliphatic carbocycles. The number of aryl methyl sites for hydroxylation is 1. The number of rotatable bonds is 6. The number of carboxylic acid groups (broad SMARTS) is 1. The molecule has 2 amide bonds. The number of carbonyl (C=O) groups is 2. The second-order valence-corrected chi connectivity index (χ2v) is 4.52. The fourth-order valence-corrected chi connectivity index (χ4v) is 1.63. The van der Waals surface area contributed by atoms with Crippen LogP contribution in [0, 0.1) is 6.92 Å². The predicted molar refractivity (Wildman–Crippen MR) is 72.9 cm³/mol. The van der Waals surface area contributed by atoms with E-state index >= 15 is 0 Å². The molecule has 0 aromatic heterocycles. The van der Waals surface area contributed by atoms with Crippen LogP contribution in [0.1, 0.15) is 30.9 Å². The molecule has 0 heterocycles. The van der Waals surface area contributed by atoms with E-state index in [-0.39, 0.29) is 18.5 Å². The van der Waals surface area contributed by atoms with Gasteiger partial charge in [-0.2, -0.15) is 0 Å². The van der Waals surface area contributed by atoms with E-state index in [0.717, 1.165) is 5.56 Å². The minimum absolute atomic E-state index is 0.0611. The summed E-state index contributed by atoms with van der Waals surface area (Å²) in [6, 6.07) is 7.18. The van der Waals surface area contributed by atoms with E-state index in [2.05, 4.69) is 10.6 Å². The second kappa shape index (κ2) is 7.41. The maximum absolute atomic E-state index is 11.6. The summed E-state index contributed by atoms with van der Waals surface area (Å²) in [6.45, 7) is 4.27. The van der Waals surface area contributed by atoms with Gasteiger partial charge < -0.3 is 15.7 Å². The molecule has 0 bridgehead atoms. The van der Waals surface area contributed by atoms with Crippen LogP contribution in [0.2, 0.25) is 0 Å². The van der Waals surface area contributed by atoms with E-state index in [4.69, 9.17) is 5.11 Å². The highest BCUT2D eigenvalue weighted by Crippen LogP contribution is 2.02. The third-order valence-corrected chi connectivity index (χ3v) is 2.82. The Morgan fingerprint density at radius 3 is 2.42 bits per heavy atom. The van der Waals surface area contributed by atoms with Crippen molar-refractivity contribution in [1.29, 1.82) is 0 Å². The van der Waals surface area contributed by atoms with Crippen LogP contribution in [0.5, 0.6) is 0 Å². The van der Waals surface area contributed by atoms with E-state index in [9.17, 15) is 9.59 Å². The van der Waals surface area contributed by atoms with Crippen molar-refractivity contribution in [2.45, 2.75) is 39.3 Å². The van der Waals surface area contributed by atoms with Crippen LogP contribution < -0.4 is 10.6 Å². The number of carboxylic acids is 1. The normalized spacial score (nSPS) is 11.7. The van der Waals surface area contributed by atoms with Gasteiger partial charge in [-0.15, -0.1) is 0 Å². The standard InChI is InChI=1S/C14H20N2O3/c1-3-12(8-13(17)18)16-14(19)15-9-11-6-4-10(2)5-7-11/h4-7,12H,3,8-9H2,1-2H3,(H,17,18)(H2,15,16,19). The van der Waals surface area contributed by atoms with Gasteiger partial charge in [0.05, 0.1) is 6.42 Å². The molecule has 0 radical (unpaired) electrons. The molecule has 0 aliphatic heterocycles. The van der Waals surface area contributed by atoms with Gasteiger partial charge >= 0.3 is 12.0 Å². The summed E-state index contributed by atoms with van der Waals surface area (Å²) in [5.74, 6) is -0.911. The SMILES string of the molecule is CCC(CC(=O)O)NC(=O)NCc1ccc(C)cc1. The zero-order chi connectivity index (χ0) is 14.3.